The minimum absolute atomic E-state index is 0.169. The van der Waals surface area contributed by atoms with Crippen molar-refractivity contribution < 1.29 is 13.2 Å². The lowest BCUT2D eigenvalue weighted by molar-refractivity contribution is 0.182. The van der Waals surface area contributed by atoms with Crippen molar-refractivity contribution in [2.24, 2.45) is 5.92 Å². The quantitative estimate of drug-likeness (QED) is 0.627. The molecule has 0 atom stereocenters. The second-order valence-electron chi connectivity index (χ2n) is 6.89. The maximum absolute atomic E-state index is 12.7. The maximum atomic E-state index is 12.7. The number of imidazole rings is 1. The molecule has 0 radical (unpaired) electrons. The fourth-order valence-corrected chi connectivity index (χ4v) is 4.82. The minimum Gasteiger partial charge on any atom is -0.383 e. The van der Waals surface area contributed by atoms with E-state index in [4.69, 9.17) is 4.74 Å². The van der Waals surface area contributed by atoms with Gasteiger partial charge in [0.25, 0.3) is 0 Å². The molecule has 8 heteroatoms. The molecule has 7 nitrogen and oxygen atoms in total. The zero-order valence-electron chi connectivity index (χ0n) is 15.3. The Morgan fingerprint density at radius 1 is 1.27 bits per heavy atom. The van der Waals surface area contributed by atoms with Gasteiger partial charge in [0.1, 0.15) is 0 Å². The summed E-state index contributed by atoms with van der Waals surface area (Å²) in [5.41, 5.74) is 1.84. The van der Waals surface area contributed by atoms with Crippen LogP contribution in [0.1, 0.15) is 24.2 Å². The van der Waals surface area contributed by atoms with Gasteiger partial charge in [-0.25, -0.2) is 13.4 Å². The zero-order chi connectivity index (χ0) is 18.6. The van der Waals surface area contributed by atoms with Gasteiger partial charge in [-0.15, -0.1) is 0 Å². The number of hydrogen-bond acceptors (Lipinski definition) is 6. The summed E-state index contributed by atoms with van der Waals surface area (Å²) in [6.45, 7) is 2.19. The van der Waals surface area contributed by atoms with Crippen LogP contribution in [0.4, 0.5) is 0 Å². The van der Waals surface area contributed by atoms with Gasteiger partial charge in [-0.05, 0) is 37.9 Å². The summed E-state index contributed by atoms with van der Waals surface area (Å²) >= 11 is 0. The van der Waals surface area contributed by atoms with Crippen molar-refractivity contribution in [2.75, 3.05) is 26.5 Å². The van der Waals surface area contributed by atoms with Gasteiger partial charge in [-0.1, -0.05) is 6.07 Å². The molecule has 26 heavy (non-hydrogen) atoms. The molecule has 1 aliphatic rings. The molecule has 3 rings (SSSR count). The lowest BCUT2D eigenvalue weighted by Gasteiger charge is -2.18. The fourth-order valence-electron chi connectivity index (χ4n) is 2.96. The highest BCUT2D eigenvalue weighted by atomic mass is 32.2. The Morgan fingerprint density at radius 3 is 2.73 bits per heavy atom. The van der Waals surface area contributed by atoms with Crippen LogP contribution in [0.2, 0.25) is 0 Å². The second-order valence-corrected chi connectivity index (χ2v) is 8.82. The van der Waals surface area contributed by atoms with Crippen molar-refractivity contribution in [3.05, 3.63) is 42.0 Å². The Bertz CT molecular complexity index is 816. The van der Waals surface area contributed by atoms with Crippen molar-refractivity contribution in [1.82, 2.24) is 19.4 Å². The van der Waals surface area contributed by atoms with Crippen LogP contribution in [-0.4, -0.2) is 54.4 Å². The summed E-state index contributed by atoms with van der Waals surface area (Å²) in [6.07, 6.45) is 5.44. The molecule has 0 aromatic carbocycles. The molecule has 0 bridgehead atoms. The van der Waals surface area contributed by atoms with Crippen molar-refractivity contribution in [1.29, 1.82) is 0 Å². The van der Waals surface area contributed by atoms with Crippen LogP contribution in [0.15, 0.2) is 35.7 Å². The smallest absolute Gasteiger partial charge is 0.227 e. The molecule has 0 spiro atoms. The van der Waals surface area contributed by atoms with Crippen LogP contribution in [0.3, 0.4) is 0 Å². The summed E-state index contributed by atoms with van der Waals surface area (Å²) < 4.78 is 32.4. The third-order valence-electron chi connectivity index (χ3n) is 4.44. The minimum atomic E-state index is -3.37. The monoisotopic (exact) mass is 378 g/mol. The molecule has 0 N–H and O–H groups in total. The number of ether oxygens (including phenoxy) is 1. The van der Waals surface area contributed by atoms with Gasteiger partial charge in [0.15, 0.2) is 0 Å². The molecule has 2 heterocycles. The largest absolute Gasteiger partial charge is 0.383 e. The van der Waals surface area contributed by atoms with E-state index < -0.39 is 9.84 Å². The first-order valence-corrected chi connectivity index (χ1v) is 10.5. The molecule has 0 saturated heterocycles. The van der Waals surface area contributed by atoms with E-state index in [0.717, 1.165) is 24.2 Å². The molecule has 142 valence electrons. The Balaban J connectivity index is 1.77. The average molecular weight is 378 g/mol. The molecule has 0 unspecified atom stereocenters. The van der Waals surface area contributed by atoms with Crippen LogP contribution >= 0.6 is 0 Å². The van der Waals surface area contributed by atoms with Crippen LogP contribution in [0.5, 0.6) is 0 Å². The first kappa shape index (κ1) is 19.0. The van der Waals surface area contributed by atoms with Gasteiger partial charge in [-0.3, -0.25) is 9.88 Å². The normalized spacial score (nSPS) is 14.9. The predicted octanol–water partition coefficient (Wildman–Crippen LogP) is 1.74. The SMILES string of the molecule is COCCn1c(CN(C)Cc2ccccn2)cnc1S(=O)(=O)CC1CC1. The van der Waals surface area contributed by atoms with Crippen LogP contribution in [0.25, 0.3) is 0 Å². The maximum Gasteiger partial charge on any atom is 0.227 e. The summed E-state index contributed by atoms with van der Waals surface area (Å²) in [5, 5.41) is 0.169. The Labute approximate surface area is 154 Å². The Morgan fingerprint density at radius 2 is 2.08 bits per heavy atom. The lowest BCUT2D eigenvalue weighted by Crippen LogP contribution is -2.23. The van der Waals surface area contributed by atoms with E-state index in [0.29, 0.717) is 32.2 Å². The highest BCUT2D eigenvalue weighted by Crippen LogP contribution is 2.32. The number of methoxy groups -OCH3 is 1. The molecule has 0 aliphatic heterocycles. The number of nitrogens with zero attached hydrogens (tertiary/aromatic N) is 4. The molecule has 1 aliphatic carbocycles. The summed E-state index contributed by atoms with van der Waals surface area (Å²) in [4.78, 5) is 10.7. The number of pyridine rings is 1. The van der Waals surface area contributed by atoms with E-state index in [-0.39, 0.29) is 10.9 Å². The number of hydrogen-bond donors (Lipinski definition) is 0. The molecule has 2 aromatic rings. The number of sulfone groups is 1. The van der Waals surface area contributed by atoms with Crippen molar-refractivity contribution >= 4 is 9.84 Å². The molecule has 2 aromatic heterocycles. The van der Waals surface area contributed by atoms with E-state index in [2.05, 4.69) is 14.9 Å². The van der Waals surface area contributed by atoms with Crippen LogP contribution in [-0.2, 0) is 34.2 Å². The molecular weight excluding hydrogens is 352 g/mol. The topological polar surface area (TPSA) is 77.3 Å². The van der Waals surface area contributed by atoms with Crippen LogP contribution in [0, 0.1) is 5.92 Å². The Hall–Kier alpha value is -1.77. The fraction of sp³-hybridized carbons (Fsp3) is 0.556. The lowest BCUT2D eigenvalue weighted by atomic mass is 10.3. The molecule has 1 fully saturated rings. The molecule has 1 saturated carbocycles. The van der Waals surface area contributed by atoms with E-state index >= 15 is 0 Å². The van der Waals surface area contributed by atoms with Gasteiger partial charge in [-0.2, -0.15) is 0 Å². The standard InChI is InChI=1S/C18H26N4O3S/c1-21(12-16-5-3-4-8-19-16)13-17-11-20-18(22(17)9-10-25-2)26(23,24)14-15-6-7-15/h3-5,8,11,15H,6-7,9-10,12-14H2,1-2H3. The first-order chi connectivity index (χ1) is 12.5. The van der Waals surface area contributed by atoms with E-state index in [1.165, 1.54) is 0 Å². The van der Waals surface area contributed by atoms with Gasteiger partial charge in [0.05, 0.1) is 29.9 Å². The van der Waals surface area contributed by atoms with Crippen molar-refractivity contribution in [3.63, 3.8) is 0 Å². The summed E-state index contributed by atoms with van der Waals surface area (Å²) in [5.74, 6) is 0.489. The van der Waals surface area contributed by atoms with E-state index in [1.54, 1.807) is 24.1 Å². The second kappa shape index (κ2) is 8.28. The van der Waals surface area contributed by atoms with Crippen molar-refractivity contribution in [2.45, 2.75) is 37.6 Å². The summed E-state index contributed by atoms with van der Waals surface area (Å²) in [7, 11) is 0.234. The van der Waals surface area contributed by atoms with Gasteiger partial charge in [0.2, 0.25) is 15.0 Å². The summed E-state index contributed by atoms with van der Waals surface area (Å²) in [6, 6.07) is 5.83. The molecule has 0 amide bonds. The first-order valence-electron chi connectivity index (χ1n) is 8.84. The highest BCUT2D eigenvalue weighted by molar-refractivity contribution is 7.91. The third kappa shape index (κ3) is 4.90. The molecular formula is C18H26N4O3S. The van der Waals surface area contributed by atoms with E-state index in [9.17, 15) is 8.42 Å². The van der Waals surface area contributed by atoms with E-state index in [1.807, 2.05) is 25.2 Å². The van der Waals surface area contributed by atoms with Gasteiger partial charge < -0.3 is 9.30 Å². The van der Waals surface area contributed by atoms with Gasteiger partial charge in [0, 0.05) is 32.9 Å². The highest BCUT2D eigenvalue weighted by Gasteiger charge is 2.32. The number of rotatable bonds is 10. The zero-order valence-corrected chi connectivity index (χ0v) is 16.2. The van der Waals surface area contributed by atoms with Gasteiger partial charge >= 0.3 is 0 Å². The van der Waals surface area contributed by atoms with Crippen molar-refractivity contribution in [3.8, 4) is 0 Å². The Kier molecular flexibility index (Phi) is 6.05. The third-order valence-corrected chi connectivity index (χ3v) is 6.23. The van der Waals surface area contributed by atoms with Crippen LogP contribution < -0.4 is 0 Å². The predicted molar refractivity (Wildman–Crippen MR) is 98.3 cm³/mol. The number of aromatic nitrogens is 3. The average Bonchev–Trinajstić information content (AvgIpc) is 3.31.